The van der Waals surface area contributed by atoms with Crippen LogP contribution >= 0.6 is 0 Å². The first-order chi connectivity index (χ1) is 11.6. The molecule has 0 spiro atoms. The standard InChI is InChI=1S/C17H15N3O4/c1-11-4-5-12(16-19-7-6-13(9-18)20-16)8-14(11)24-15(10-22-2)17(21)23-3/h4-8,10H,1-3H3. The molecular formula is C17H15N3O4. The van der Waals surface area contributed by atoms with Gasteiger partial charge in [0.15, 0.2) is 5.82 Å². The van der Waals surface area contributed by atoms with E-state index in [1.54, 1.807) is 18.2 Å². The zero-order valence-corrected chi connectivity index (χ0v) is 13.4. The minimum Gasteiger partial charge on any atom is -0.500 e. The summed E-state index contributed by atoms with van der Waals surface area (Å²) in [6.45, 7) is 1.83. The minimum absolute atomic E-state index is 0.0908. The third kappa shape index (κ3) is 3.87. The second-order valence-electron chi connectivity index (χ2n) is 4.67. The Kier molecular flexibility index (Phi) is 5.47. The van der Waals surface area contributed by atoms with Crippen LogP contribution in [0.15, 0.2) is 42.5 Å². The Balaban J connectivity index is 2.40. The molecule has 0 N–H and O–H groups in total. The Morgan fingerprint density at radius 2 is 2.08 bits per heavy atom. The summed E-state index contributed by atoms with van der Waals surface area (Å²) in [5.41, 5.74) is 1.70. The van der Waals surface area contributed by atoms with Gasteiger partial charge in [-0.3, -0.25) is 0 Å². The molecule has 2 aromatic rings. The number of aromatic nitrogens is 2. The molecule has 0 saturated heterocycles. The quantitative estimate of drug-likeness (QED) is 0.473. The van der Waals surface area contributed by atoms with Crippen molar-refractivity contribution >= 4 is 5.97 Å². The average molecular weight is 325 g/mol. The van der Waals surface area contributed by atoms with Crippen molar-refractivity contribution in [1.29, 1.82) is 5.26 Å². The monoisotopic (exact) mass is 325 g/mol. The van der Waals surface area contributed by atoms with Gasteiger partial charge in [-0.25, -0.2) is 14.8 Å². The molecule has 0 aliphatic heterocycles. The molecule has 0 unspecified atom stereocenters. The predicted octanol–water partition coefficient (Wildman–Crippen LogP) is 2.36. The van der Waals surface area contributed by atoms with Crippen LogP contribution in [-0.4, -0.2) is 30.2 Å². The third-order valence-electron chi connectivity index (χ3n) is 3.05. The van der Waals surface area contributed by atoms with Crippen molar-refractivity contribution in [2.75, 3.05) is 14.2 Å². The molecule has 1 aromatic heterocycles. The molecule has 24 heavy (non-hydrogen) atoms. The maximum Gasteiger partial charge on any atom is 0.377 e. The molecule has 0 radical (unpaired) electrons. The molecule has 0 aliphatic rings. The van der Waals surface area contributed by atoms with Gasteiger partial charge < -0.3 is 14.2 Å². The highest BCUT2D eigenvalue weighted by atomic mass is 16.6. The van der Waals surface area contributed by atoms with Crippen LogP contribution in [0.3, 0.4) is 0 Å². The van der Waals surface area contributed by atoms with Crippen molar-refractivity contribution in [3.63, 3.8) is 0 Å². The van der Waals surface area contributed by atoms with E-state index in [0.29, 0.717) is 17.1 Å². The van der Waals surface area contributed by atoms with Crippen LogP contribution in [0, 0.1) is 18.3 Å². The zero-order valence-electron chi connectivity index (χ0n) is 13.4. The van der Waals surface area contributed by atoms with Gasteiger partial charge in [-0.05, 0) is 24.6 Å². The number of methoxy groups -OCH3 is 2. The number of ether oxygens (including phenoxy) is 3. The van der Waals surface area contributed by atoms with Crippen LogP contribution in [0.1, 0.15) is 11.3 Å². The van der Waals surface area contributed by atoms with Gasteiger partial charge in [-0.2, -0.15) is 5.26 Å². The summed E-state index contributed by atoms with van der Waals surface area (Å²) < 4.78 is 15.1. The van der Waals surface area contributed by atoms with Gasteiger partial charge in [0.2, 0.25) is 5.76 Å². The number of hydrogen-bond acceptors (Lipinski definition) is 7. The van der Waals surface area contributed by atoms with Gasteiger partial charge in [0.05, 0.1) is 14.2 Å². The summed E-state index contributed by atoms with van der Waals surface area (Å²) in [4.78, 5) is 20.0. The Labute approximate surface area is 139 Å². The molecule has 7 heteroatoms. The molecule has 0 saturated carbocycles. The average Bonchev–Trinajstić information content (AvgIpc) is 2.62. The lowest BCUT2D eigenvalue weighted by molar-refractivity contribution is -0.138. The third-order valence-corrected chi connectivity index (χ3v) is 3.05. The fourth-order valence-corrected chi connectivity index (χ4v) is 1.85. The maximum absolute atomic E-state index is 11.7. The molecule has 0 aliphatic carbocycles. The van der Waals surface area contributed by atoms with Crippen molar-refractivity contribution < 1.29 is 19.0 Å². The van der Waals surface area contributed by atoms with E-state index in [9.17, 15) is 4.79 Å². The molecule has 2 rings (SSSR count). The van der Waals surface area contributed by atoms with Crippen LogP contribution in [0.5, 0.6) is 5.75 Å². The van der Waals surface area contributed by atoms with E-state index in [1.165, 1.54) is 26.5 Å². The SMILES string of the molecule is COC=C(Oc1cc(-c2nccc(C#N)n2)ccc1C)C(=O)OC. The number of nitrogens with zero attached hydrogens (tertiary/aromatic N) is 3. The van der Waals surface area contributed by atoms with Crippen LogP contribution in [0.25, 0.3) is 11.4 Å². The van der Waals surface area contributed by atoms with Gasteiger partial charge >= 0.3 is 5.97 Å². The van der Waals surface area contributed by atoms with Crippen molar-refractivity contribution in [2.45, 2.75) is 6.92 Å². The molecule has 1 heterocycles. The van der Waals surface area contributed by atoms with Crippen molar-refractivity contribution in [2.24, 2.45) is 0 Å². The summed E-state index contributed by atoms with van der Waals surface area (Å²) in [5, 5.41) is 8.94. The smallest absolute Gasteiger partial charge is 0.377 e. The van der Waals surface area contributed by atoms with E-state index in [1.807, 2.05) is 13.0 Å². The van der Waals surface area contributed by atoms with Gasteiger partial charge in [-0.15, -0.1) is 0 Å². The van der Waals surface area contributed by atoms with E-state index < -0.39 is 5.97 Å². The number of hydrogen-bond donors (Lipinski definition) is 0. The number of rotatable bonds is 5. The highest BCUT2D eigenvalue weighted by molar-refractivity contribution is 5.86. The molecule has 7 nitrogen and oxygen atoms in total. The van der Waals surface area contributed by atoms with Crippen LogP contribution in [-0.2, 0) is 14.3 Å². The van der Waals surface area contributed by atoms with E-state index in [-0.39, 0.29) is 11.5 Å². The van der Waals surface area contributed by atoms with Gasteiger partial charge in [0, 0.05) is 11.8 Å². The topological polar surface area (TPSA) is 94.3 Å². The van der Waals surface area contributed by atoms with Crippen LogP contribution in [0.4, 0.5) is 0 Å². The fourth-order valence-electron chi connectivity index (χ4n) is 1.85. The lowest BCUT2D eigenvalue weighted by atomic mass is 10.1. The Morgan fingerprint density at radius 3 is 2.75 bits per heavy atom. The summed E-state index contributed by atoms with van der Waals surface area (Å²) in [5.74, 6) is 0.0534. The molecule has 0 fully saturated rings. The number of aryl methyl sites for hydroxylation is 1. The maximum atomic E-state index is 11.7. The second kappa shape index (κ2) is 7.74. The minimum atomic E-state index is -0.663. The first-order valence-corrected chi connectivity index (χ1v) is 6.92. The molecule has 0 atom stereocenters. The van der Waals surface area contributed by atoms with E-state index >= 15 is 0 Å². The number of esters is 1. The number of carbonyl (C=O) groups excluding carboxylic acids is 1. The highest BCUT2D eigenvalue weighted by Gasteiger charge is 2.15. The van der Waals surface area contributed by atoms with Gasteiger partial charge in [0.1, 0.15) is 23.8 Å². The van der Waals surface area contributed by atoms with Crippen LogP contribution in [0.2, 0.25) is 0 Å². The second-order valence-corrected chi connectivity index (χ2v) is 4.67. The fraction of sp³-hybridized carbons (Fsp3) is 0.176. The lowest BCUT2D eigenvalue weighted by Crippen LogP contribution is -2.11. The number of nitriles is 1. The largest absolute Gasteiger partial charge is 0.500 e. The van der Waals surface area contributed by atoms with E-state index in [4.69, 9.17) is 14.7 Å². The van der Waals surface area contributed by atoms with Crippen LogP contribution < -0.4 is 4.74 Å². The zero-order chi connectivity index (χ0) is 17.5. The molecular weight excluding hydrogens is 310 g/mol. The Bertz CT molecular complexity index is 825. The van der Waals surface area contributed by atoms with Crippen molar-refractivity contribution in [1.82, 2.24) is 9.97 Å². The van der Waals surface area contributed by atoms with Crippen molar-refractivity contribution in [3.05, 3.63) is 53.7 Å². The first-order valence-electron chi connectivity index (χ1n) is 6.92. The van der Waals surface area contributed by atoms with Gasteiger partial charge in [-0.1, -0.05) is 12.1 Å². The summed E-state index contributed by atoms with van der Waals surface area (Å²) in [6.07, 6.45) is 2.66. The lowest BCUT2D eigenvalue weighted by Gasteiger charge is -2.11. The molecule has 1 aromatic carbocycles. The van der Waals surface area contributed by atoms with Crippen molar-refractivity contribution in [3.8, 4) is 23.2 Å². The number of carbonyl (C=O) groups is 1. The summed E-state index contributed by atoms with van der Waals surface area (Å²) in [6, 6.07) is 8.77. The van der Waals surface area contributed by atoms with Gasteiger partial charge in [0.25, 0.3) is 0 Å². The highest BCUT2D eigenvalue weighted by Crippen LogP contribution is 2.26. The predicted molar refractivity (Wildman–Crippen MR) is 84.7 cm³/mol. The van der Waals surface area contributed by atoms with E-state index in [2.05, 4.69) is 14.7 Å². The number of benzene rings is 1. The Hall–Kier alpha value is -3.40. The molecule has 0 amide bonds. The first kappa shape index (κ1) is 17.0. The molecule has 122 valence electrons. The summed E-state index contributed by atoms with van der Waals surface area (Å²) >= 11 is 0. The Morgan fingerprint density at radius 1 is 1.29 bits per heavy atom. The van der Waals surface area contributed by atoms with E-state index in [0.717, 1.165) is 11.8 Å². The normalized spacial score (nSPS) is 10.7. The molecule has 0 bridgehead atoms. The summed E-state index contributed by atoms with van der Waals surface area (Å²) in [7, 11) is 2.65.